The number of piperazine rings is 1. The monoisotopic (exact) mass is 482 g/mol. The largest absolute Gasteiger partial charge is 0.365 e. The van der Waals surface area contributed by atoms with Crippen molar-refractivity contribution in [3.8, 4) is 0 Å². The summed E-state index contributed by atoms with van der Waals surface area (Å²) in [7, 11) is -1.70. The first-order valence-corrected chi connectivity index (χ1v) is 13.3. The Labute approximate surface area is 202 Å². The molecule has 8 heteroatoms. The highest BCUT2D eigenvalue weighted by Crippen LogP contribution is 2.27. The van der Waals surface area contributed by atoms with Crippen LogP contribution in [0, 0.1) is 6.92 Å². The molecule has 1 atom stereocenters. The summed E-state index contributed by atoms with van der Waals surface area (Å²) in [4.78, 5) is 18.0. The fourth-order valence-corrected chi connectivity index (χ4v) is 6.39. The zero-order chi connectivity index (χ0) is 24.6. The number of hydrogen-bond acceptors (Lipinski definition) is 4. The number of benzene rings is 2. The van der Waals surface area contributed by atoms with E-state index in [0.717, 1.165) is 17.4 Å². The topological polar surface area (TPSA) is 65.9 Å². The number of amides is 1. The SMILES string of the molecule is CCN(CC)S(=O)(=O)c1ccc2c(c1)cc(C(=O)N1CCN(c3cccc(C)c3)C(C)C1)n2C. The second kappa shape index (κ2) is 9.43. The lowest BCUT2D eigenvalue weighted by molar-refractivity contribution is 0.0717. The number of sulfonamides is 1. The highest BCUT2D eigenvalue weighted by molar-refractivity contribution is 7.89. The number of fused-ring (bicyclic) bond motifs is 1. The molecule has 4 rings (SSSR count). The molecule has 2 heterocycles. The third-order valence-electron chi connectivity index (χ3n) is 6.82. The lowest BCUT2D eigenvalue weighted by Gasteiger charge is -2.41. The average molecular weight is 483 g/mol. The second-order valence-electron chi connectivity index (χ2n) is 9.03. The van der Waals surface area contributed by atoms with Crippen molar-refractivity contribution >= 4 is 32.5 Å². The molecular formula is C26H34N4O3S. The van der Waals surface area contributed by atoms with Crippen molar-refractivity contribution in [1.82, 2.24) is 13.8 Å². The maximum absolute atomic E-state index is 13.5. The Balaban J connectivity index is 1.58. The third kappa shape index (κ3) is 4.32. The predicted molar refractivity (Wildman–Crippen MR) is 137 cm³/mol. The van der Waals surface area contributed by atoms with Crippen molar-refractivity contribution in [1.29, 1.82) is 0 Å². The number of hydrogen-bond donors (Lipinski definition) is 0. The lowest BCUT2D eigenvalue weighted by atomic mass is 10.1. The highest BCUT2D eigenvalue weighted by Gasteiger charge is 2.29. The van der Waals surface area contributed by atoms with Crippen LogP contribution in [-0.4, -0.2) is 66.9 Å². The summed E-state index contributed by atoms with van der Waals surface area (Å²) >= 11 is 0. The van der Waals surface area contributed by atoms with Gasteiger partial charge in [-0.25, -0.2) is 8.42 Å². The molecule has 1 aromatic heterocycles. The zero-order valence-corrected chi connectivity index (χ0v) is 21.5. The van der Waals surface area contributed by atoms with E-state index < -0.39 is 10.0 Å². The Morgan fingerprint density at radius 2 is 1.79 bits per heavy atom. The summed E-state index contributed by atoms with van der Waals surface area (Å²) in [5.74, 6) is -0.0254. The molecule has 0 bridgehead atoms. The van der Waals surface area contributed by atoms with Gasteiger partial charge < -0.3 is 14.4 Å². The first-order valence-electron chi connectivity index (χ1n) is 11.9. The smallest absolute Gasteiger partial charge is 0.270 e. The van der Waals surface area contributed by atoms with E-state index in [-0.39, 0.29) is 16.8 Å². The first-order chi connectivity index (χ1) is 16.2. The van der Waals surface area contributed by atoms with Gasteiger partial charge >= 0.3 is 0 Å². The molecule has 1 aliphatic rings. The number of carbonyl (C=O) groups is 1. The van der Waals surface area contributed by atoms with E-state index in [1.807, 2.05) is 36.4 Å². The molecule has 2 aromatic carbocycles. The minimum atomic E-state index is -3.56. The second-order valence-corrected chi connectivity index (χ2v) is 11.0. The third-order valence-corrected chi connectivity index (χ3v) is 8.87. The molecule has 0 spiro atoms. The van der Waals surface area contributed by atoms with E-state index in [9.17, 15) is 13.2 Å². The number of nitrogens with zero attached hydrogens (tertiary/aromatic N) is 4. The molecule has 0 N–H and O–H groups in total. The molecule has 7 nitrogen and oxygen atoms in total. The molecule has 3 aromatic rings. The molecule has 0 saturated carbocycles. The molecule has 1 amide bonds. The molecule has 0 aliphatic carbocycles. The number of rotatable bonds is 6. The van der Waals surface area contributed by atoms with Crippen LogP contribution < -0.4 is 4.90 Å². The van der Waals surface area contributed by atoms with E-state index in [0.29, 0.717) is 31.9 Å². The van der Waals surface area contributed by atoms with E-state index in [4.69, 9.17) is 0 Å². The molecule has 1 saturated heterocycles. The number of aryl methyl sites for hydroxylation is 2. The van der Waals surface area contributed by atoms with Crippen molar-refractivity contribution < 1.29 is 13.2 Å². The first kappa shape index (κ1) is 24.3. The molecule has 1 unspecified atom stereocenters. The molecule has 182 valence electrons. The summed E-state index contributed by atoms with van der Waals surface area (Å²) in [6, 6.07) is 15.6. The average Bonchev–Trinajstić information content (AvgIpc) is 3.15. The summed E-state index contributed by atoms with van der Waals surface area (Å²) in [6.07, 6.45) is 0. The predicted octanol–water partition coefficient (Wildman–Crippen LogP) is 3.87. The minimum absolute atomic E-state index is 0.0254. The van der Waals surface area contributed by atoms with Gasteiger partial charge in [0, 0.05) is 62.4 Å². The van der Waals surface area contributed by atoms with Crippen LogP contribution in [0.3, 0.4) is 0 Å². The van der Waals surface area contributed by atoms with Crippen LogP contribution in [0.4, 0.5) is 5.69 Å². The maximum Gasteiger partial charge on any atom is 0.270 e. The lowest BCUT2D eigenvalue weighted by Crippen LogP contribution is -2.54. The van der Waals surface area contributed by atoms with Crippen molar-refractivity contribution in [2.75, 3.05) is 37.6 Å². The van der Waals surface area contributed by atoms with Gasteiger partial charge in [0.25, 0.3) is 5.91 Å². The van der Waals surface area contributed by atoms with Crippen molar-refractivity contribution in [3.05, 3.63) is 59.8 Å². The fourth-order valence-electron chi connectivity index (χ4n) is 4.90. The number of anilines is 1. The van der Waals surface area contributed by atoms with Gasteiger partial charge in [0.2, 0.25) is 10.0 Å². The Morgan fingerprint density at radius 1 is 1.06 bits per heavy atom. The van der Waals surface area contributed by atoms with Gasteiger partial charge in [-0.3, -0.25) is 4.79 Å². The standard InChI is InChI=1S/C26H34N4O3S/c1-6-29(7-2)34(32,33)23-11-12-24-21(16-23)17-25(27(24)5)26(31)28-13-14-30(20(4)18-28)22-10-8-9-19(3)15-22/h8-12,15-17,20H,6-7,13-14,18H2,1-5H3. The molecule has 0 radical (unpaired) electrons. The van der Waals surface area contributed by atoms with Crippen molar-refractivity contribution in [2.45, 2.75) is 38.6 Å². The van der Waals surface area contributed by atoms with Crippen LogP contribution >= 0.6 is 0 Å². The summed E-state index contributed by atoms with van der Waals surface area (Å²) < 4.78 is 29.2. The van der Waals surface area contributed by atoms with Crippen LogP contribution in [0.5, 0.6) is 0 Å². The van der Waals surface area contributed by atoms with Crippen molar-refractivity contribution in [3.63, 3.8) is 0 Å². The van der Waals surface area contributed by atoms with Crippen LogP contribution in [0.1, 0.15) is 36.8 Å². The molecule has 1 aliphatic heterocycles. The summed E-state index contributed by atoms with van der Waals surface area (Å²) in [5, 5.41) is 0.755. The summed E-state index contributed by atoms with van der Waals surface area (Å²) in [5.41, 5.74) is 3.82. The van der Waals surface area contributed by atoms with Gasteiger partial charge in [-0.15, -0.1) is 0 Å². The van der Waals surface area contributed by atoms with E-state index >= 15 is 0 Å². The Kier molecular flexibility index (Phi) is 6.73. The molecule has 34 heavy (non-hydrogen) atoms. The quantitative estimate of drug-likeness (QED) is 0.535. The van der Waals surface area contributed by atoms with E-state index in [1.165, 1.54) is 15.6 Å². The van der Waals surface area contributed by atoms with Gasteiger partial charge in [0.15, 0.2) is 0 Å². The van der Waals surface area contributed by atoms with Gasteiger partial charge in [-0.05, 0) is 55.8 Å². The van der Waals surface area contributed by atoms with Crippen LogP contribution in [-0.2, 0) is 17.1 Å². The fraction of sp³-hybridized carbons (Fsp3) is 0.423. The van der Waals surface area contributed by atoms with Gasteiger partial charge in [-0.2, -0.15) is 4.31 Å². The Bertz CT molecular complexity index is 1310. The van der Waals surface area contributed by atoms with Gasteiger partial charge in [0.1, 0.15) is 5.69 Å². The molecule has 1 fully saturated rings. The number of carbonyl (C=O) groups excluding carboxylic acids is 1. The van der Waals surface area contributed by atoms with Crippen LogP contribution in [0.25, 0.3) is 10.9 Å². The Hall–Kier alpha value is -2.84. The highest BCUT2D eigenvalue weighted by atomic mass is 32.2. The van der Waals surface area contributed by atoms with Crippen LogP contribution in [0.15, 0.2) is 53.4 Å². The zero-order valence-electron chi connectivity index (χ0n) is 20.7. The van der Waals surface area contributed by atoms with Crippen molar-refractivity contribution in [2.24, 2.45) is 7.05 Å². The van der Waals surface area contributed by atoms with Gasteiger partial charge in [0.05, 0.1) is 4.90 Å². The van der Waals surface area contributed by atoms with Crippen LogP contribution in [0.2, 0.25) is 0 Å². The van der Waals surface area contributed by atoms with Gasteiger partial charge in [-0.1, -0.05) is 26.0 Å². The summed E-state index contributed by atoms with van der Waals surface area (Å²) in [6.45, 7) is 10.8. The molecular weight excluding hydrogens is 448 g/mol. The minimum Gasteiger partial charge on any atom is -0.365 e. The number of aromatic nitrogens is 1. The van der Waals surface area contributed by atoms with E-state index in [1.54, 1.807) is 18.2 Å². The maximum atomic E-state index is 13.5. The van der Waals surface area contributed by atoms with E-state index in [2.05, 4.69) is 43.0 Å². The normalized spacial score (nSPS) is 17.1. The Morgan fingerprint density at radius 3 is 2.44 bits per heavy atom.